The Hall–Kier alpha value is -2.00. The van der Waals surface area contributed by atoms with Gasteiger partial charge in [0, 0.05) is 17.7 Å². The average Bonchev–Trinajstić information content (AvgIpc) is 2.69. The number of allylic oxidation sites excluding steroid dienone is 2. The van der Waals surface area contributed by atoms with E-state index in [1.54, 1.807) is 0 Å². The van der Waals surface area contributed by atoms with E-state index in [-0.39, 0.29) is 11.7 Å². The van der Waals surface area contributed by atoms with Crippen molar-refractivity contribution in [3.63, 3.8) is 0 Å². The molecule has 2 nitrogen and oxygen atoms in total. The molecule has 1 aliphatic rings. The highest BCUT2D eigenvalue weighted by atomic mass is 32.2. The number of rotatable bonds is 7. The van der Waals surface area contributed by atoms with Gasteiger partial charge in [0.15, 0.2) is 5.78 Å². The van der Waals surface area contributed by atoms with E-state index in [2.05, 4.69) is 64.1 Å². The molecule has 3 heteroatoms. The molecule has 0 spiro atoms. The zero-order valence-corrected chi connectivity index (χ0v) is 18.9. The smallest absolute Gasteiger partial charge is 0.167 e. The lowest BCUT2D eigenvalue weighted by Crippen LogP contribution is -2.21. The van der Waals surface area contributed by atoms with Gasteiger partial charge in [0.25, 0.3) is 0 Å². The summed E-state index contributed by atoms with van der Waals surface area (Å²) < 4.78 is 0. The van der Waals surface area contributed by atoms with Crippen LogP contribution in [0.2, 0.25) is 0 Å². The predicted molar refractivity (Wildman–Crippen MR) is 124 cm³/mol. The van der Waals surface area contributed by atoms with Gasteiger partial charge in [-0.2, -0.15) is 0 Å². The number of carbonyl (C=O) groups excluding carboxylic acids is 1. The molecule has 1 aliphatic carbocycles. The van der Waals surface area contributed by atoms with Crippen LogP contribution < -0.4 is 0 Å². The van der Waals surface area contributed by atoms with Crippen LogP contribution in [0.3, 0.4) is 0 Å². The number of aliphatic hydroxyl groups excluding tert-OH is 1. The van der Waals surface area contributed by atoms with Crippen molar-refractivity contribution in [3.8, 4) is 0 Å². The molecular weight excluding hydrogens is 376 g/mol. The van der Waals surface area contributed by atoms with Crippen molar-refractivity contribution in [2.75, 3.05) is 5.75 Å². The Labute approximate surface area is 179 Å². The van der Waals surface area contributed by atoms with Crippen LogP contribution in [0, 0.1) is 19.8 Å². The number of aryl methyl sites for hydroxylation is 4. The SMILES string of the molecule is CCc1cc(C)cc(CC)c1C1=C(O)CC(CCSc2ccc(C)cc2)CC1=O. The van der Waals surface area contributed by atoms with Crippen LogP contribution in [0.1, 0.15) is 60.9 Å². The molecule has 0 radical (unpaired) electrons. The monoisotopic (exact) mass is 408 g/mol. The van der Waals surface area contributed by atoms with Gasteiger partial charge in [0.1, 0.15) is 5.76 Å². The third kappa shape index (κ3) is 5.14. The number of carbonyl (C=O) groups is 1. The molecular formula is C26H32O2S. The van der Waals surface area contributed by atoms with Crippen molar-refractivity contribution in [1.82, 2.24) is 0 Å². The highest BCUT2D eigenvalue weighted by molar-refractivity contribution is 7.99. The molecule has 2 aromatic rings. The largest absolute Gasteiger partial charge is 0.512 e. The van der Waals surface area contributed by atoms with Crippen LogP contribution in [-0.4, -0.2) is 16.6 Å². The number of hydrogen-bond acceptors (Lipinski definition) is 3. The first-order valence-corrected chi connectivity index (χ1v) is 11.7. The fourth-order valence-corrected chi connectivity index (χ4v) is 5.27. The van der Waals surface area contributed by atoms with Crippen molar-refractivity contribution in [3.05, 3.63) is 70.0 Å². The zero-order valence-electron chi connectivity index (χ0n) is 18.0. The number of benzene rings is 2. The van der Waals surface area contributed by atoms with E-state index < -0.39 is 0 Å². The molecule has 29 heavy (non-hydrogen) atoms. The van der Waals surface area contributed by atoms with Crippen molar-refractivity contribution in [2.45, 2.75) is 64.7 Å². The molecule has 1 atom stereocenters. The summed E-state index contributed by atoms with van der Waals surface area (Å²) >= 11 is 1.83. The Bertz CT molecular complexity index is 884. The molecule has 0 amide bonds. The van der Waals surface area contributed by atoms with Gasteiger partial charge in [-0.05, 0) is 73.6 Å². The number of ketones is 1. The highest BCUT2D eigenvalue weighted by Gasteiger charge is 2.30. The first-order valence-electron chi connectivity index (χ1n) is 10.7. The van der Waals surface area contributed by atoms with Crippen LogP contribution in [0.15, 0.2) is 47.1 Å². The molecule has 1 unspecified atom stereocenters. The number of thioether (sulfide) groups is 1. The number of aliphatic hydroxyl groups is 1. The summed E-state index contributed by atoms with van der Waals surface area (Å²) in [6, 6.07) is 12.9. The van der Waals surface area contributed by atoms with Crippen molar-refractivity contribution >= 4 is 23.1 Å². The predicted octanol–water partition coefficient (Wildman–Crippen LogP) is 6.86. The molecule has 154 valence electrons. The van der Waals surface area contributed by atoms with Gasteiger partial charge in [0.2, 0.25) is 0 Å². The fraction of sp³-hybridized carbons (Fsp3) is 0.423. The highest BCUT2D eigenvalue weighted by Crippen LogP contribution is 2.38. The van der Waals surface area contributed by atoms with E-state index in [4.69, 9.17) is 0 Å². The number of hydrogen-bond donors (Lipinski definition) is 1. The average molecular weight is 409 g/mol. The third-order valence-corrected chi connectivity index (χ3v) is 6.84. The van der Waals surface area contributed by atoms with Gasteiger partial charge in [-0.15, -0.1) is 11.8 Å². The fourth-order valence-electron chi connectivity index (χ4n) is 4.26. The summed E-state index contributed by atoms with van der Waals surface area (Å²) in [7, 11) is 0. The second-order valence-electron chi connectivity index (χ2n) is 8.13. The Morgan fingerprint density at radius 2 is 1.59 bits per heavy atom. The Balaban J connectivity index is 1.75. The second kappa shape index (κ2) is 9.67. The lowest BCUT2D eigenvalue weighted by molar-refractivity contribution is -0.115. The molecule has 0 bridgehead atoms. The van der Waals surface area contributed by atoms with Crippen LogP contribution in [-0.2, 0) is 17.6 Å². The Morgan fingerprint density at radius 1 is 0.966 bits per heavy atom. The first kappa shape index (κ1) is 21.7. The maximum Gasteiger partial charge on any atom is 0.167 e. The van der Waals surface area contributed by atoms with Gasteiger partial charge in [-0.3, -0.25) is 4.79 Å². The van der Waals surface area contributed by atoms with Crippen LogP contribution in [0.25, 0.3) is 5.57 Å². The second-order valence-corrected chi connectivity index (χ2v) is 9.30. The van der Waals surface area contributed by atoms with Crippen molar-refractivity contribution in [1.29, 1.82) is 0 Å². The minimum Gasteiger partial charge on any atom is -0.512 e. The van der Waals surface area contributed by atoms with Gasteiger partial charge >= 0.3 is 0 Å². The van der Waals surface area contributed by atoms with Crippen LogP contribution >= 0.6 is 11.8 Å². The molecule has 0 saturated carbocycles. The molecule has 0 aromatic heterocycles. The molecule has 0 saturated heterocycles. The summed E-state index contributed by atoms with van der Waals surface area (Å²) in [6.07, 6.45) is 3.82. The standard InChI is InChI=1S/C26H32O2S/c1-5-20-13-18(4)14-21(6-2)25(20)26-23(27)15-19(16-24(26)28)11-12-29-22-9-7-17(3)8-10-22/h7-10,13-14,19,27H,5-6,11-12,15-16H2,1-4H3. The summed E-state index contributed by atoms with van der Waals surface area (Å²) in [5, 5.41) is 10.9. The molecule has 3 rings (SSSR count). The van der Waals surface area contributed by atoms with E-state index in [0.29, 0.717) is 24.2 Å². The van der Waals surface area contributed by atoms with Crippen LogP contribution in [0.4, 0.5) is 0 Å². The topological polar surface area (TPSA) is 37.3 Å². The van der Waals surface area contributed by atoms with Gasteiger partial charge in [-0.25, -0.2) is 0 Å². The van der Waals surface area contributed by atoms with Crippen molar-refractivity contribution in [2.24, 2.45) is 5.92 Å². The lowest BCUT2D eigenvalue weighted by atomic mass is 9.79. The normalized spacial score (nSPS) is 17.1. The molecule has 0 fully saturated rings. The lowest BCUT2D eigenvalue weighted by Gasteiger charge is -2.26. The Kier molecular flexibility index (Phi) is 7.23. The molecule has 0 heterocycles. The van der Waals surface area contributed by atoms with Gasteiger partial charge < -0.3 is 5.11 Å². The van der Waals surface area contributed by atoms with E-state index in [1.165, 1.54) is 27.1 Å². The summed E-state index contributed by atoms with van der Waals surface area (Å²) in [6.45, 7) is 8.43. The van der Waals surface area contributed by atoms with E-state index >= 15 is 0 Å². The summed E-state index contributed by atoms with van der Waals surface area (Å²) in [5.41, 5.74) is 6.41. The number of Topliss-reactive ketones (excluding diaryl/α,β-unsaturated/α-hetero) is 1. The zero-order chi connectivity index (χ0) is 21.0. The Morgan fingerprint density at radius 3 is 2.14 bits per heavy atom. The maximum atomic E-state index is 13.1. The summed E-state index contributed by atoms with van der Waals surface area (Å²) in [5.74, 6) is 1.59. The van der Waals surface area contributed by atoms with Gasteiger partial charge in [0.05, 0.1) is 5.57 Å². The molecule has 1 N–H and O–H groups in total. The third-order valence-electron chi connectivity index (χ3n) is 5.80. The van der Waals surface area contributed by atoms with E-state index in [0.717, 1.165) is 30.6 Å². The van der Waals surface area contributed by atoms with E-state index in [1.807, 2.05) is 11.8 Å². The molecule has 0 aliphatic heterocycles. The minimum atomic E-state index is 0.104. The summed E-state index contributed by atoms with van der Waals surface area (Å²) in [4.78, 5) is 14.3. The van der Waals surface area contributed by atoms with Crippen molar-refractivity contribution < 1.29 is 9.90 Å². The van der Waals surface area contributed by atoms with Gasteiger partial charge in [-0.1, -0.05) is 49.2 Å². The van der Waals surface area contributed by atoms with Crippen LogP contribution in [0.5, 0.6) is 0 Å². The van der Waals surface area contributed by atoms with E-state index in [9.17, 15) is 9.90 Å². The quantitative estimate of drug-likeness (QED) is 0.509. The minimum absolute atomic E-state index is 0.104. The molecule has 2 aromatic carbocycles. The first-order chi connectivity index (χ1) is 13.9. The maximum absolute atomic E-state index is 13.1.